The molecule has 0 N–H and O–H groups in total. The molecule has 2 aromatic carbocycles. The van der Waals surface area contributed by atoms with Crippen LogP contribution in [-0.2, 0) is 6.54 Å². The number of fused-ring (bicyclic) bond motifs is 1. The molecule has 6 heteroatoms. The van der Waals surface area contributed by atoms with Gasteiger partial charge in [-0.3, -0.25) is 14.7 Å². The van der Waals surface area contributed by atoms with E-state index in [0.29, 0.717) is 29.6 Å². The summed E-state index contributed by atoms with van der Waals surface area (Å²) < 4.78 is 6.94. The molecule has 0 bridgehead atoms. The van der Waals surface area contributed by atoms with Gasteiger partial charge >= 0.3 is 0 Å². The number of carbonyl (C=O) groups is 1. The molecule has 164 valence electrons. The fraction of sp³-hybridized carbons (Fsp3) is 0.269. The predicted octanol–water partition coefficient (Wildman–Crippen LogP) is 6.42. The largest absolute Gasteiger partial charge is 0.494 e. The van der Waals surface area contributed by atoms with Crippen molar-refractivity contribution >= 4 is 32.6 Å². The number of anilines is 1. The summed E-state index contributed by atoms with van der Waals surface area (Å²) >= 11 is 1.53. The quantitative estimate of drug-likeness (QED) is 0.279. The molecular weight excluding hydrogens is 418 g/mol. The number of thiazole rings is 1. The Kier molecular flexibility index (Phi) is 7.12. The zero-order chi connectivity index (χ0) is 22.3. The second-order valence-electron chi connectivity index (χ2n) is 7.75. The van der Waals surface area contributed by atoms with Gasteiger partial charge in [0, 0.05) is 18.0 Å². The summed E-state index contributed by atoms with van der Waals surface area (Å²) in [6.07, 6.45) is 6.80. The van der Waals surface area contributed by atoms with Gasteiger partial charge in [0.2, 0.25) is 0 Å². The Morgan fingerprint density at radius 1 is 1.09 bits per heavy atom. The molecule has 0 spiro atoms. The smallest absolute Gasteiger partial charge is 0.260 e. The Bertz CT molecular complexity index is 1190. The van der Waals surface area contributed by atoms with Crippen molar-refractivity contribution in [3.63, 3.8) is 0 Å². The van der Waals surface area contributed by atoms with Gasteiger partial charge in [0.05, 0.1) is 23.4 Å². The first-order valence-corrected chi connectivity index (χ1v) is 11.8. The summed E-state index contributed by atoms with van der Waals surface area (Å²) in [5, 5.41) is 0.678. The van der Waals surface area contributed by atoms with Crippen molar-refractivity contribution in [2.45, 2.75) is 39.7 Å². The van der Waals surface area contributed by atoms with Crippen molar-refractivity contribution in [3.05, 3.63) is 83.7 Å². The zero-order valence-corrected chi connectivity index (χ0v) is 19.3. The Morgan fingerprint density at radius 3 is 2.75 bits per heavy atom. The number of ether oxygens (including phenoxy) is 1. The van der Waals surface area contributed by atoms with Gasteiger partial charge in [-0.05, 0) is 54.8 Å². The SMILES string of the molecule is CCCCCOc1cccc(C(=O)N(Cc2cccnc2)c2nc3c(C)cccc3s2)c1. The van der Waals surface area contributed by atoms with E-state index in [1.165, 1.54) is 11.3 Å². The van der Waals surface area contributed by atoms with Gasteiger partial charge < -0.3 is 4.74 Å². The molecule has 2 heterocycles. The van der Waals surface area contributed by atoms with E-state index >= 15 is 0 Å². The van der Waals surface area contributed by atoms with Gasteiger partial charge in [0.1, 0.15) is 5.75 Å². The highest BCUT2D eigenvalue weighted by molar-refractivity contribution is 7.22. The number of hydrogen-bond acceptors (Lipinski definition) is 5. The van der Waals surface area contributed by atoms with Crippen molar-refractivity contribution in [2.75, 3.05) is 11.5 Å². The van der Waals surface area contributed by atoms with E-state index in [2.05, 4.69) is 11.9 Å². The number of carbonyl (C=O) groups excluding carboxylic acids is 1. The van der Waals surface area contributed by atoms with Gasteiger partial charge in [-0.1, -0.05) is 55.4 Å². The second-order valence-corrected chi connectivity index (χ2v) is 8.76. The van der Waals surface area contributed by atoms with Crippen LogP contribution in [0.15, 0.2) is 67.0 Å². The van der Waals surface area contributed by atoms with Crippen LogP contribution in [-0.4, -0.2) is 22.5 Å². The number of benzene rings is 2. The third kappa shape index (κ3) is 5.14. The van der Waals surface area contributed by atoms with Crippen molar-refractivity contribution < 1.29 is 9.53 Å². The van der Waals surface area contributed by atoms with Gasteiger partial charge in [-0.2, -0.15) is 0 Å². The summed E-state index contributed by atoms with van der Waals surface area (Å²) in [7, 11) is 0. The highest BCUT2D eigenvalue weighted by Gasteiger charge is 2.22. The number of aromatic nitrogens is 2. The van der Waals surface area contributed by atoms with E-state index in [4.69, 9.17) is 9.72 Å². The van der Waals surface area contributed by atoms with Crippen LogP contribution in [0.25, 0.3) is 10.2 Å². The number of hydrogen-bond donors (Lipinski definition) is 0. The molecule has 4 aromatic rings. The normalized spacial score (nSPS) is 10.9. The van der Waals surface area contributed by atoms with Crippen LogP contribution >= 0.6 is 11.3 Å². The van der Waals surface area contributed by atoms with Crippen molar-refractivity contribution in [1.82, 2.24) is 9.97 Å². The number of amides is 1. The minimum atomic E-state index is -0.107. The van der Waals surface area contributed by atoms with Crippen LogP contribution in [0.2, 0.25) is 0 Å². The monoisotopic (exact) mass is 445 g/mol. The summed E-state index contributed by atoms with van der Waals surface area (Å²) in [5.41, 5.74) is 3.56. The first kappa shape index (κ1) is 22.0. The van der Waals surface area contributed by atoms with Crippen molar-refractivity contribution in [3.8, 4) is 5.75 Å². The number of unbranched alkanes of at least 4 members (excludes halogenated alkanes) is 2. The highest BCUT2D eigenvalue weighted by Crippen LogP contribution is 2.32. The molecule has 0 radical (unpaired) electrons. The van der Waals surface area contributed by atoms with E-state index < -0.39 is 0 Å². The van der Waals surface area contributed by atoms with E-state index in [9.17, 15) is 4.79 Å². The van der Waals surface area contributed by atoms with E-state index in [1.807, 2.05) is 61.5 Å². The van der Waals surface area contributed by atoms with E-state index in [-0.39, 0.29) is 5.91 Å². The standard InChI is InChI=1S/C26H27N3O2S/c1-3-4-5-15-31-22-12-7-11-21(16-22)25(30)29(18-20-10-8-14-27-17-20)26-28-24-19(2)9-6-13-23(24)32-26/h6-14,16-17H,3-5,15,18H2,1-2H3. The molecule has 0 aliphatic rings. The molecule has 0 aliphatic carbocycles. The molecule has 1 amide bonds. The molecule has 0 unspecified atom stereocenters. The van der Waals surface area contributed by atoms with Gasteiger partial charge in [-0.25, -0.2) is 4.98 Å². The number of nitrogens with zero attached hydrogens (tertiary/aromatic N) is 3. The van der Waals surface area contributed by atoms with Crippen molar-refractivity contribution in [1.29, 1.82) is 0 Å². The summed E-state index contributed by atoms with van der Waals surface area (Å²) in [6.45, 7) is 5.26. The Morgan fingerprint density at radius 2 is 1.97 bits per heavy atom. The number of para-hydroxylation sites is 1. The maximum absolute atomic E-state index is 13.7. The van der Waals surface area contributed by atoms with Gasteiger partial charge in [0.25, 0.3) is 5.91 Å². The Hall–Kier alpha value is -3.25. The molecule has 0 atom stereocenters. The van der Waals surface area contributed by atoms with Crippen LogP contribution in [0.1, 0.15) is 47.7 Å². The Balaban J connectivity index is 1.65. The molecular formula is C26H27N3O2S. The summed E-state index contributed by atoms with van der Waals surface area (Å²) in [5.74, 6) is 0.609. The third-order valence-corrected chi connectivity index (χ3v) is 6.29. The third-order valence-electron chi connectivity index (χ3n) is 5.25. The predicted molar refractivity (Wildman–Crippen MR) is 131 cm³/mol. The van der Waals surface area contributed by atoms with Crippen LogP contribution in [0.5, 0.6) is 5.75 Å². The van der Waals surface area contributed by atoms with Gasteiger partial charge in [-0.15, -0.1) is 0 Å². The summed E-state index contributed by atoms with van der Waals surface area (Å²) in [6, 6.07) is 17.4. The highest BCUT2D eigenvalue weighted by atomic mass is 32.1. The van der Waals surface area contributed by atoms with E-state index in [0.717, 1.165) is 40.6 Å². The minimum Gasteiger partial charge on any atom is -0.494 e. The fourth-order valence-corrected chi connectivity index (χ4v) is 4.55. The minimum absolute atomic E-state index is 0.107. The molecule has 0 fully saturated rings. The molecule has 0 saturated heterocycles. The molecule has 2 aromatic heterocycles. The first-order valence-electron chi connectivity index (χ1n) is 11.0. The maximum atomic E-state index is 13.7. The van der Waals surface area contributed by atoms with Crippen molar-refractivity contribution in [2.24, 2.45) is 0 Å². The zero-order valence-electron chi connectivity index (χ0n) is 18.5. The lowest BCUT2D eigenvalue weighted by atomic mass is 10.1. The maximum Gasteiger partial charge on any atom is 0.260 e. The molecule has 0 aliphatic heterocycles. The average Bonchev–Trinajstić information content (AvgIpc) is 3.26. The topological polar surface area (TPSA) is 55.3 Å². The lowest BCUT2D eigenvalue weighted by Gasteiger charge is -2.20. The molecule has 32 heavy (non-hydrogen) atoms. The molecule has 0 saturated carbocycles. The number of pyridine rings is 1. The summed E-state index contributed by atoms with van der Waals surface area (Å²) in [4.78, 5) is 24.4. The average molecular weight is 446 g/mol. The van der Waals surface area contributed by atoms with Crippen LogP contribution in [0, 0.1) is 6.92 Å². The number of aryl methyl sites for hydroxylation is 1. The lowest BCUT2D eigenvalue weighted by molar-refractivity contribution is 0.0984. The molecule has 4 rings (SSSR count). The fourth-order valence-electron chi connectivity index (χ4n) is 3.51. The lowest BCUT2D eigenvalue weighted by Crippen LogP contribution is -2.30. The van der Waals surface area contributed by atoms with Crippen LogP contribution < -0.4 is 9.64 Å². The first-order chi connectivity index (χ1) is 15.7. The molecule has 5 nitrogen and oxygen atoms in total. The van der Waals surface area contributed by atoms with Crippen LogP contribution in [0.4, 0.5) is 5.13 Å². The van der Waals surface area contributed by atoms with E-state index in [1.54, 1.807) is 17.3 Å². The van der Waals surface area contributed by atoms with Gasteiger partial charge in [0.15, 0.2) is 5.13 Å². The second kappa shape index (κ2) is 10.4. The van der Waals surface area contributed by atoms with Crippen LogP contribution in [0.3, 0.4) is 0 Å². The Labute approximate surface area is 192 Å². The number of rotatable bonds is 9.